The van der Waals surface area contributed by atoms with Crippen molar-refractivity contribution in [3.8, 4) is 17.2 Å². The Balaban J connectivity index is 2.43. The number of hydrogen-bond donors (Lipinski definition) is 1. The average molecular weight is 351 g/mol. The normalized spacial score (nSPS) is 16.0. The fraction of sp³-hybridized carbons (Fsp3) is 0.556. The summed E-state index contributed by atoms with van der Waals surface area (Å²) in [4.78, 5) is 26.3. The van der Waals surface area contributed by atoms with Crippen LogP contribution in [0.3, 0.4) is 0 Å². The SMILES string of the molecule is COc1cc(C(=O)N(C)C2(C(=O)O)CCCCC2)cc(OC)c1OC. The minimum Gasteiger partial charge on any atom is -0.493 e. The molecule has 7 heteroatoms. The number of benzene rings is 1. The standard InChI is InChI=1S/C18H25NO6/c1-19(18(17(21)22)8-6-5-7-9-18)16(20)12-10-13(23-2)15(25-4)14(11-12)24-3/h10-11H,5-9H2,1-4H3,(H,21,22). The van der Waals surface area contributed by atoms with Crippen LogP contribution in [0.4, 0.5) is 0 Å². The Morgan fingerprint density at radius 2 is 1.52 bits per heavy atom. The molecule has 1 saturated carbocycles. The summed E-state index contributed by atoms with van der Waals surface area (Å²) in [6.07, 6.45) is 3.48. The van der Waals surface area contributed by atoms with Crippen LogP contribution in [0.2, 0.25) is 0 Å². The van der Waals surface area contributed by atoms with Gasteiger partial charge in [0.15, 0.2) is 11.5 Å². The Morgan fingerprint density at radius 3 is 1.92 bits per heavy atom. The first-order chi connectivity index (χ1) is 11.9. The van der Waals surface area contributed by atoms with Gasteiger partial charge < -0.3 is 24.2 Å². The van der Waals surface area contributed by atoms with Crippen LogP contribution >= 0.6 is 0 Å². The second kappa shape index (κ2) is 7.63. The van der Waals surface area contributed by atoms with Crippen LogP contribution in [-0.2, 0) is 4.79 Å². The molecule has 0 aliphatic heterocycles. The zero-order chi connectivity index (χ0) is 18.6. The van der Waals surface area contributed by atoms with Gasteiger partial charge in [-0.3, -0.25) is 4.79 Å². The molecule has 25 heavy (non-hydrogen) atoms. The number of carbonyl (C=O) groups is 2. The molecule has 1 aromatic rings. The molecular weight excluding hydrogens is 326 g/mol. The van der Waals surface area contributed by atoms with Gasteiger partial charge in [0.25, 0.3) is 5.91 Å². The predicted octanol–water partition coefficient (Wildman–Crippen LogP) is 2.57. The number of ether oxygens (including phenoxy) is 3. The maximum Gasteiger partial charge on any atom is 0.329 e. The monoisotopic (exact) mass is 351 g/mol. The van der Waals surface area contributed by atoms with Crippen molar-refractivity contribution in [2.75, 3.05) is 28.4 Å². The topological polar surface area (TPSA) is 85.3 Å². The maximum absolute atomic E-state index is 13.0. The summed E-state index contributed by atoms with van der Waals surface area (Å²) < 4.78 is 15.8. The molecule has 0 aromatic heterocycles. The van der Waals surface area contributed by atoms with Crippen molar-refractivity contribution in [2.24, 2.45) is 0 Å². The Labute approximate surface area is 147 Å². The van der Waals surface area contributed by atoms with E-state index in [0.717, 1.165) is 19.3 Å². The van der Waals surface area contributed by atoms with E-state index < -0.39 is 11.5 Å². The van der Waals surface area contributed by atoms with Gasteiger partial charge in [0.05, 0.1) is 21.3 Å². The molecular formula is C18H25NO6. The minimum atomic E-state index is -1.17. The third kappa shape index (κ3) is 3.36. The maximum atomic E-state index is 13.0. The molecule has 138 valence electrons. The van der Waals surface area contributed by atoms with Gasteiger partial charge in [0.2, 0.25) is 5.75 Å². The average Bonchev–Trinajstić information content (AvgIpc) is 2.65. The van der Waals surface area contributed by atoms with Gasteiger partial charge in [0, 0.05) is 12.6 Å². The lowest BCUT2D eigenvalue weighted by Crippen LogP contribution is -2.56. The van der Waals surface area contributed by atoms with Gasteiger partial charge in [-0.1, -0.05) is 19.3 Å². The largest absolute Gasteiger partial charge is 0.493 e. The summed E-state index contributed by atoms with van der Waals surface area (Å²) in [5.74, 6) is -0.257. The van der Waals surface area contributed by atoms with E-state index in [1.807, 2.05) is 0 Å². The lowest BCUT2D eigenvalue weighted by atomic mass is 9.80. The highest BCUT2D eigenvalue weighted by atomic mass is 16.5. The summed E-state index contributed by atoms with van der Waals surface area (Å²) in [6, 6.07) is 3.08. The summed E-state index contributed by atoms with van der Waals surface area (Å²) in [6.45, 7) is 0. The number of methoxy groups -OCH3 is 3. The molecule has 1 aliphatic rings. The molecule has 0 bridgehead atoms. The number of rotatable bonds is 6. The van der Waals surface area contributed by atoms with E-state index in [-0.39, 0.29) is 5.91 Å². The number of aliphatic carboxylic acids is 1. The fourth-order valence-corrected chi connectivity index (χ4v) is 3.42. The number of carboxylic acid groups (broad SMARTS) is 1. The minimum absolute atomic E-state index is 0.295. The Kier molecular flexibility index (Phi) is 5.77. The van der Waals surface area contributed by atoms with E-state index in [9.17, 15) is 14.7 Å². The molecule has 0 spiro atoms. The molecule has 1 fully saturated rings. The first-order valence-corrected chi connectivity index (χ1v) is 8.23. The molecule has 0 unspecified atom stereocenters. The number of nitrogens with zero attached hydrogens (tertiary/aromatic N) is 1. The number of likely N-dealkylation sites (N-methyl/N-ethyl adjacent to an activating group) is 1. The highest BCUT2D eigenvalue weighted by molar-refractivity contribution is 5.98. The molecule has 0 saturated heterocycles. The van der Waals surface area contributed by atoms with Crippen molar-refractivity contribution in [1.29, 1.82) is 0 Å². The number of carboxylic acids is 1. The lowest BCUT2D eigenvalue weighted by molar-refractivity contribution is -0.151. The van der Waals surface area contributed by atoms with Crippen LogP contribution in [0.15, 0.2) is 12.1 Å². The van der Waals surface area contributed by atoms with Crippen LogP contribution in [0.1, 0.15) is 42.5 Å². The lowest BCUT2D eigenvalue weighted by Gasteiger charge is -2.41. The van der Waals surface area contributed by atoms with Crippen LogP contribution in [-0.4, -0.2) is 55.8 Å². The van der Waals surface area contributed by atoms with Gasteiger partial charge in [-0.2, -0.15) is 0 Å². The second-order valence-electron chi connectivity index (χ2n) is 6.18. The quantitative estimate of drug-likeness (QED) is 0.848. The van der Waals surface area contributed by atoms with Gasteiger partial charge in [-0.05, 0) is 25.0 Å². The molecule has 0 heterocycles. The molecule has 1 aliphatic carbocycles. The first-order valence-electron chi connectivity index (χ1n) is 8.23. The summed E-state index contributed by atoms with van der Waals surface area (Å²) in [7, 11) is 5.96. The van der Waals surface area contributed by atoms with Crippen LogP contribution < -0.4 is 14.2 Å². The zero-order valence-electron chi connectivity index (χ0n) is 15.1. The van der Waals surface area contributed by atoms with Gasteiger partial charge >= 0.3 is 5.97 Å². The van der Waals surface area contributed by atoms with Gasteiger partial charge in [-0.25, -0.2) is 4.79 Å². The van der Waals surface area contributed by atoms with E-state index in [1.165, 1.54) is 26.2 Å². The molecule has 2 rings (SSSR count). The number of hydrogen-bond acceptors (Lipinski definition) is 5. The number of carbonyl (C=O) groups excluding carboxylic acids is 1. The van der Waals surface area contributed by atoms with Gasteiger partial charge in [-0.15, -0.1) is 0 Å². The van der Waals surface area contributed by atoms with E-state index in [2.05, 4.69) is 0 Å². The summed E-state index contributed by atoms with van der Waals surface area (Å²) >= 11 is 0. The van der Waals surface area contributed by atoms with Crippen molar-refractivity contribution in [2.45, 2.75) is 37.6 Å². The molecule has 1 aromatic carbocycles. The van der Waals surface area contributed by atoms with Crippen LogP contribution in [0.25, 0.3) is 0 Å². The van der Waals surface area contributed by atoms with Gasteiger partial charge in [0.1, 0.15) is 5.54 Å². The predicted molar refractivity (Wildman–Crippen MR) is 91.6 cm³/mol. The number of amides is 1. The van der Waals surface area contributed by atoms with E-state index in [1.54, 1.807) is 19.2 Å². The third-order valence-corrected chi connectivity index (χ3v) is 4.94. The van der Waals surface area contributed by atoms with Crippen LogP contribution in [0.5, 0.6) is 17.2 Å². The third-order valence-electron chi connectivity index (χ3n) is 4.94. The smallest absolute Gasteiger partial charge is 0.329 e. The van der Waals surface area contributed by atoms with Crippen LogP contribution in [0, 0.1) is 0 Å². The first kappa shape index (κ1) is 18.9. The molecule has 0 atom stereocenters. The zero-order valence-corrected chi connectivity index (χ0v) is 15.1. The molecule has 1 amide bonds. The van der Waals surface area contributed by atoms with E-state index >= 15 is 0 Å². The van der Waals surface area contributed by atoms with Crippen molar-refractivity contribution >= 4 is 11.9 Å². The van der Waals surface area contributed by atoms with E-state index in [0.29, 0.717) is 35.7 Å². The molecule has 7 nitrogen and oxygen atoms in total. The highest BCUT2D eigenvalue weighted by Crippen LogP contribution is 2.40. The van der Waals surface area contributed by atoms with E-state index in [4.69, 9.17) is 14.2 Å². The fourth-order valence-electron chi connectivity index (χ4n) is 3.42. The highest BCUT2D eigenvalue weighted by Gasteiger charge is 2.45. The molecule has 0 radical (unpaired) electrons. The van der Waals surface area contributed by atoms with Crippen molar-refractivity contribution in [3.63, 3.8) is 0 Å². The summed E-state index contributed by atoms with van der Waals surface area (Å²) in [5, 5.41) is 9.78. The Hall–Kier alpha value is -2.44. The van der Waals surface area contributed by atoms with Crippen molar-refractivity contribution < 1.29 is 28.9 Å². The van der Waals surface area contributed by atoms with Crippen molar-refractivity contribution in [1.82, 2.24) is 4.90 Å². The second-order valence-corrected chi connectivity index (χ2v) is 6.18. The Morgan fingerprint density at radius 1 is 1.00 bits per heavy atom. The molecule has 1 N–H and O–H groups in total. The Bertz CT molecular complexity index is 626. The summed E-state index contributed by atoms with van der Waals surface area (Å²) in [5.41, 5.74) is -0.876. The van der Waals surface area contributed by atoms with Crippen molar-refractivity contribution in [3.05, 3.63) is 17.7 Å².